The van der Waals surface area contributed by atoms with E-state index in [4.69, 9.17) is 11.6 Å². The molecule has 0 aromatic heterocycles. The first-order valence-corrected chi connectivity index (χ1v) is 3.04. The Morgan fingerprint density at radius 1 is 1.78 bits per heavy atom. The molecule has 1 rings (SSSR count). The largest absolute Gasteiger partial charge is 0.344 e. The monoisotopic (exact) mass is 156 g/mol. The smallest absolute Gasteiger partial charge is 0.240 e. The van der Waals surface area contributed by atoms with Gasteiger partial charge in [0.05, 0.1) is 0 Å². The molecule has 0 spiro atoms. The minimum Gasteiger partial charge on any atom is -0.344 e. The summed E-state index contributed by atoms with van der Waals surface area (Å²) in [6.07, 6.45) is 0.802. The van der Waals surface area contributed by atoms with Gasteiger partial charge < -0.3 is 4.90 Å². The van der Waals surface area contributed by atoms with E-state index in [0.717, 1.165) is 13.0 Å². The van der Waals surface area contributed by atoms with Crippen LogP contribution in [0.25, 0.3) is 0 Å². The van der Waals surface area contributed by atoms with Gasteiger partial charge in [0.1, 0.15) is 5.38 Å². The molecule has 1 unspecified atom stereocenters. The van der Waals surface area contributed by atoms with E-state index in [1.165, 1.54) is 0 Å². The zero-order valence-corrected chi connectivity index (χ0v) is 8.48. The van der Waals surface area contributed by atoms with Crippen molar-refractivity contribution in [1.82, 2.24) is 4.90 Å². The first kappa shape index (κ1) is 9.76. The standard InChI is InChI=1S/C5H8ClNO.Na/c1-7-3-2-4(6)5(7)8;/h4H,2-3H2,1H3;. The number of hydrogen-bond donors (Lipinski definition) is 0. The molecular weight excluding hydrogens is 149 g/mol. The third kappa shape index (κ3) is 2.11. The Bertz CT molecular complexity index is 108. The van der Waals surface area contributed by atoms with Gasteiger partial charge >= 0.3 is 0 Å². The Balaban J connectivity index is 0.000000640. The van der Waals surface area contributed by atoms with Crippen LogP contribution in [0, 0.1) is 0 Å². The second kappa shape index (κ2) is 3.81. The van der Waals surface area contributed by atoms with Crippen LogP contribution in [0.5, 0.6) is 0 Å². The first-order valence-electron chi connectivity index (χ1n) is 2.61. The number of halogens is 1. The van der Waals surface area contributed by atoms with Crippen molar-refractivity contribution in [2.75, 3.05) is 13.6 Å². The third-order valence-electron chi connectivity index (χ3n) is 1.36. The fourth-order valence-electron chi connectivity index (χ4n) is 0.780. The summed E-state index contributed by atoms with van der Waals surface area (Å²) in [5, 5.41) is -0.250. The van der Waals surface area contributed by atoms with E-state index >= 15 is 0 Å². The molecule has 1 aliphatic heterocycles. The minimum absolute atomic E-state index is 0. The maximum Gasteiger partial charge on any atom is 0.240 e. The van der Waals surface area contributed by atoms with E-state index in [9.17, 15) is 4.79 Å². The summed E-state index contributed by atoms with van der Waals surface area (Å²) in [4.78, 5) is 12.3. The molecule has 9 heavy (non-hydrogen) atoms. The topological polar surface area (TPSA) is 20.3 Å². The summed E-state index contributed by atoms with van der Waals surface area (Å²) in [7, 11) is 1.77. The van der Waals surface area contributed by atoms with Crippen molar-refractivity contribution in [1.29, 1.82) is 0 Å². The summed E-state index contributed by atoms with van der Waals surface area (Å²) in [6, 6.07) is 0. The van der Waals surface area contributed by atoms with Crippen molar-refractivity contribution in [3.63, 3.8) is 0 Å². The van der Waals surface area contributed by atoms with Gasteiger partial charge in [0.25, 0.3) is 0 Å². The minimum atomic E-state index is -0.250. The van der Waals surface area contributed by atoms with Crippen LogP contribution in [0.4, 0.5) is 0 Å². The van der Waals surface area contributed by atoms with Crippen molar-refractivity contribution in [2.24, 2.45) is 0 Å². The molecule has 1 aliphatic rings. The van der Waals surface area contributed by atoms with Gasteiger partial charge in [0, 0.05) is 43.1 Å². The molecule has 47 valence electrons. The molecule has 1 heterocycles. The van der Waals surface area contributed by atoms with Crippen molar-refractivity contribution < 1.29 is 4.79 Å². The molecule has 1 atom stereocenters. The fourth-order valence-corrected chi connectivity index (χ4v) is 1.04. The Morgan fingerprint density at radius 3 is 2.44 bits per heavy atom. The molecule has 0 aliphatic carbocycles. The number of hydrogen-bond acceptors (Lipinski definition) is 1. The average Bonchev–Trinajstić information content (AvgIpc) is 1.98. The number of amides is 1. The molecule has 1 saturated heterocycles. The van der Waals surface area contributed by atoms with E-state index in [-0.39, 0.29) is 40.8 Å². The number of carbonyl (C=O) groups excluding carboxylic acids is 1. The van der Waals surface area contributed by atoms with Gasteiger partial charge in [0.2, 0.25) is 5.91 Å². The predicted octanol–water partition coefficient (Wildman–Crippen LogP) is 0.0751. The Hall–Kier alpha value is 0.760. The van der Waals surface area contributed by atoms with Crippen LogP contribution < -0.4 is 0 Å². The van der Waals surface area contributed by atoms with Crippen molar-refractivity contribution in [3.8, 4) is 0 Å². The van der Waals surface area contributed by atoms with Crippen LogP contribution in [0.3, 0.4) is 0 Å². The number of nitrogens with zero attached hydrogens (tertiary/aromatic N) is 1. The predicted molar refractivity (Wildman–Crippen MR) is 37.6 cm³/mol. The van der Waals surface area contributed by atoms with E-state index < -0.39 is 0 Å². The summed E-state index contributed by atoms with van der Waals surface area (Å²) < 4.78 is 0. The Kier molecular flexibility index (Phi) is 4.14. The molecule has 0 aromatic rings. The van der Waals surface area contributed by atoms with Crippen LogP contribution in [-0.4, -0.2) is 59.3 Å². The third-order valence-corrected chi connectivity index (χ3v) is 1.77. The van der Waals surface area contributed by atoms with Crippen molar-refractivity contribution in [2.45, 2.75) is 11.8 Å². The first-order chi connectivity index (χ1) is 3.72. The zero-order valence-electron chi connectivity index (χ0n) is 5.72. The van der Waals surface area contributed by atoms with Crippen LogP contribution in [0.2, 0.25) is 0 Å². The van der Waals surface area contributed by atoms with Crippen LogP contribution in [0.15, 0.2) is 0 Å². The van der Waals surface area contributed by atoms with Gasteiger partial charge in [-0.3, -0.25) is 4.79 Å². The van der Waals surface area contributed by atoms with Gasteiger partial charge in [-0.2, -0.15) is 0 Å². The zero-order chi connectivity index (χ0) is 6.15. The molecule has 1 amide bonds. The maximum absolute atomic E-state index is 10.7. The molecular formula is C5H8ClNNaO. The Morgan fingerprint density at radius 2 is 2.33 bits per heavy atom. The van der Waals surface area contributed by atoms with Crippen LogP contribution >= 0.6 is 11.6 Å². The van der Waals surface area contributed by atoms with Crippen LogP contribution in [-0.2, 0) is 4.79 Å². The molecule has 1 fully saturated rings. The quantitative estimate of drug-likeness (QED) is 0.359. The van der Waals surface area contributed by atoms with Gasteiger partial charge in [0.15, 0.2) is 0 Å². The van der Waals surface area contributed by atoms with E-state index in [1.54, 1.807) is 11.9 Å². The van der Waals surface area contributed by atoms with Gasteiger partial charge in [-0.1, -0.05) is 0 Å². The van der Waals surface area contributed by atoms with Gasteiger partial charge in [-0.05, 0) is 6.42 Å². The van der Waals surface area contributed by atoms with E-state index in [2.05, 4.69) is 0 Å². The van der Waals surface area contributed by atoms with Crippen LogP contribution in [0.1, 0.15) is 6.42 Å². The van der Waals surface area contributed by atoms with Gasteiger partial charge in [-0.15, -0.1) is 11.6 Å². The number of carbonyl (C=O) groups is 1. The average molecular weight is 157 g/mol. The molecule has 0 aromatic carbocycles. The molecule has 1 radical (unpaired) electrons. The molecule has 0 N–H and O–H groups in total. The van der Waals surface area contributed by atoms with E-state index in [1.807, 2.05) is 0 Å². The van der Waals surface area contributed by atoms with Crippen molar-refractivity contribution >= 4 is 47.1 Å². The maximum atomic E-state index is 10.7. The second-order valence-corrected chi connectivity index (χ2v) is 2.54. The number of likely N-dealkylation sites (tertiary alicyclic amines) is 1. The summed E-state index contributed by atoms with van der Waals surface area (Å²) in [5.41, 5.74) is 0. The fraction of sp³-hybridized carbons (Fsp3) is 0.800. The number of alkyl halides is 1. The number of rotatable bonds is 0. The van der Waals surface area contributed by atoms with E-state index in [0.29, 0.717) is 0 Å². The summed E-state index contributed by atoms with van der Waals surface area (Å²) in [5.74, 6) is 0.0617. The SMILES string of the molecule is CN1CCC(Cl)C1=O.[Na]. The molecule has 0 bridgehead atoms. The van der Waals surface area contributed by atoms with Gasteiger partial charge in [-0.25, -0.2) is 0 Å². The molecule has 0 saturated carbocycles. The molecule has 2 nitrogen and oxygen atoms in total. The second-order valence-electron chi connectivity index (χ2n) is 2.02. The summed E-state index contributed by atoms with van der Waals surface area (Å²) >= 11 is 5.57. The summed E-state index contributed by atoms with van der Waals surface area (Å²) in [6.45, 7) is 0.812. The normalized spacial score (nSPS) is 26.2. The Labute approximate surface area is 81.8 Å². The molecule has 4 heteroatoms. The van der Waals surface area contributed by atoms with Crippen molar-refractivity contribution in [3.05, 3.63) is 0 Å².